The summed E-state index contributed by atoms with van der Waals surface area (Å²) >= 11 is 0. The maximum absolute atomic E-state index is 9.57. The molecule has 1 heterocycles. The van der Waals surface area contributed by atoms with Gasteiger partial charge in [0, 0.05) is 40.1 Å². The third-order valence-corrected chi connectivity index (χ3v) is 8.27. The van der Waals surface area contributed by atoms with Crippen molar-refractivity contribution in [3.8, 4) is 6.07 Å². The zero-order chi connectivity index (χ0) is 26.6. The molecule has 1 aliphatic rings. The Hall–Kier alpha value is -5.33. The number of anilines is 5. The van der Waals surface area contributed by atoms with E-state index in [4.69, 9.17) is 0 Å². The van der Waals surface area contributed by atoms with E-state index in [1.807, 2.05) is 12.1 Å². The van der Waals surface area contributed by atoms with E-state index in [0.29, 0.717) is 5.56 Å². The normalized spacial score (nSPS) is 12.7. The summed E-state index contributed by atoms with van der Waals surface area (Å²) in [5.74, 6) is 0. The fourth-order valence-electron chi connectivity index (χ4n) is 6.49. The van der Waals surface area contributed by atoms with Gasteiger partial charge in [0.15, 0.2) is 0 Å². The SMILES string of the molecule is N#Cc1ccc2c(c1)N(c1cc3ccc(N(c4ccccc4)c4ccccc4)c4ccc5cccc1c5c34)CC2. The van der Waals surface area contributed by atoms with E-state index in [-0.39, 0.29) is 0 Å². The minimum Gasteiger partial charge on any atom is -0.340 e. The number of nitriles is 1. The zero-order valence-electron chi connectivity index (χ0n) is 21.9. The van der Waals surface area contributed by atoms with E-state index in [1.54, 1.807) is 0 Å². The number of hydrogen-bond acceptors (Lipinski definition) is 3. The fourth-order valence-corrected chi connectivity index (χ4v) is 6.49. The first kappa shape index (κ1) is 22.6. The number of nitrogens with zero attached hydrogens (tertiary/aromatic N) is 3. The topological polar surface area (TPSA) is 30.3 Å². The molecule has 0 atom stereocenters. The van der Waals surface area contributed by atoms with Crippen molar-refractivity contribution in [3.63, 3.8) is 0 Å². The van der Waals surface area contributed by atoms with Gasteiger partial charge in [-0.25, -0.2) is 0 Å². The van der Waals surface area contributed by atoms with Gasteiger partial charge >= 0.3 is 0 Å². The van der Waals surface area contributed by atoms with Gasteiger partial charge in [0.05, 0.1) is 17.3 Å². The van der Waals surface area contributed by atoms with Crippen LogP contribution in [0.2, 0.25) is 0 Å². The molecule has 0 saturated carbocycles. The maximum atomic E-state index is 9.57. The highest BCUT2D eigenvalue weighted by Crippen LogP contribution is 2.47. The van der Waals surface area contributed by atoms with Crippen LogP contribution < -0.4 is 9.80 Å². The van der Waals surface area contributed by atoms with Crippen LogP contribution in [-0.4, -0.2) is 6.54 Å². The molecule has 0 spiro atoms. The van der Waals surface area contributed by atoms with Crippen molar-refractivity contribution in [2.75, 3.05) is 16.3 Å². The third-order valence-electron chi connectivity index (χ3n) is 8.27. The Kier molecular flexibility index (Phi) is 5.02. The Morgan fingerprint density at radius 1 is 0.600 bits per heavy atom. The van der Waals surface area contributed by atoms with E-state index in [9.17, 15) is 5.26 Å². The smallest absolute Gasteiger partial charge is 0.0992 e. The van der Waals surface area contributed by atoms with Crippen molar-refractivity contribution in [2.24, 2.45) is 0 Å². The molecular formula is C37H25N3. The minimum atomic E-state index is 0.703. The van der Waals surface area contributed by atoms with Gasteiger partial charge in [-0.1, -0.05) is 78.9 Å². The molecule has 0 radical (unpaired) electrons. The molecule has 3 heteroatoms. The van der Waals surface area contributed by atoms with E-state index < -0.39 is 0 Å². The number of hydrogen-bond donors (Lipinski definition) is 0. The molecule has 0 aliphatic carbocycles. The molecule has 7 aromatic rings. The molecule has 40 heavy (non-hydrogen) atoms. The van der Waals surface area contributed by atoms with Gasteiger partial charge in [0.25, 0.3) is 0 Å². The van der Waals surface area contributed by atoms with Crippen LogP contribution >= 0.6 is 0 Å². The average Bonchev–Trinajstić information content (AvgIpc) is 3.44. The summed E-state index contributed by atoms with van der Waals surface area (Å²) in [6, 6.07) is 47.7. The summed E-state index contributed by atoms with van der Waals surface area (Å²) in [6.45, 7) is 0.908. The van der Waals surface area contributed by atoms with Crippen molar-refractivity contribution < 1.29 is 0 Å². The second-order valence-corrected chi connectivity index (χ2v) is 10.5. The van der Waals surface area contributed by atoms with Crippen molar-refractivity contribution >= 4 is 60.8 Å². The Balaban J connectivity index is 1.40. The van der Waals surface area contributed by atoms with Crippen molar-refractivity contribution in [1.82, 2.24) is 0 Å². The monoisotopic (exact) mass is 511 g/mol. The molecule has 0 saturated heterocycles. The van der Waals surface area contributed by atoms with E-state index in [0.717, 1.165) is 35.7 Å². The second-order valence-electron chi connectivity index (χ2n) is 10.5. The first-order valence-electron chi connectivity index (χ1n) is 13.7. The molecule has 0 N–H and O–H groups in total. The minimum absolute atomic E-state index is 0.703. The van der Waals surface area contributed by atoms with Gasteiger partial charge in [-0.3, -0.25) is 0 Å². The van der Waals surface area contributed by atoms with Gasteiger partial charge in [-0.2, -0.15) is 5.26 Å². The molecule has 0 unspecified atom stereocenters. The van der Waals surface area contributed by atoms with Gasteiger partial charge in [0.2, 0.25) is 0 Å². The summed E-state index contributed by atoms with van der Waals surface area (Å²) in [5.41, 5.74) is 7.78. The molecule has 0 fully saturated rings. The van der Waals surface area contributed by atoms with Crippen molar-refractivity contribution in [2.45, 2.75) is 6.42 Å². The average molecular weight is 512 g/mol. The Morgan fingerprint density at radius 3 is 2.08 bits per heavy atom. The Morgan fingerprint density at radius 2 is 1.32 bits per heavy atom. The number of para-hydroxylation sites is 2. The van der Waals surface area contributed by atoms with Gasteiger partial charge in [0.1, 0.15) is 0 Å². The van der Waals surface area contributed by atoms with E-state index in [2.05, 4.69) is 131 Å². The van der Waals surface area contributed by atoms with Crippen LogP contribution in [0.5, 0.6) is 0 Å². The quantitative estimate of drug-likeness (QED) is 0.220. The van der Waals surface area contributed by atoms with Crippen LogP contribution in [0.1, 0.15) is 11.1 Å². The molecule has 0 amide bonds. The molecule has 3 nitrogen and oxygen atoms in total. The van der Waals surface area contributed by atoms with Crippen LogP contribution in [0, 0.1) is 11.3 Å². The number of rotatable bonds is 4. The summed E-state index contributed by atoms with van der Waals surface area (Å²) in [7, 11) is 0. The Labute approximate surface area is 233 Å². The molecule has 8 rings (SSSR count). The number of fused-ring (bicyclic) bond motifs is 1. The maximum Gasteiger partial charge on any atom is 0.0992 e. The molecule has 0 bridgehead atoms. The third kappa shape index (κ3) is 3.37. The fraction of sp³-hybridized carbons (Fsp3) is 0.0541. The van der Waals surface area contributed by atoms with Crippen LogP contribution in [0.25, 0.3) is 32.3 Å². The van der Waals surface area contributed by atoms with Gasteiger partial charge in [-0.05, 0) is 82.1 Å². The second kappa shape index (κ2) is 8.86. The zero-order valence-corrected chi connectivity index (χ0v) is 21.9. The van der Waals surface area contributed by atoms with E-state index in [1.165, 1.54) is 43.6 Å². The van der Waals surface area contributed by atoms with Crippen LogP contribution in [0.4, 0.5) is 28.4 Å². The molecule has 188 valence electrons. The van der Waals surface area contributed by atoms with Crippen LogP contribution in [0.3, 0.4) is 0 Å². The van der Waals surface area contributed by atoms with E-state index >= 15 is 0 Å². The molecule has 1 aliphatic heterocycles. The first-order chi connectivity index (χ1) is 19.8. The highest BCUT2D eigenvalue weighted by atomic mass is 15.2. The summed E-state index contributed by atoms with van der Waals surface area (Å²) in [6.07, 6.45) is 0.980. The predicted molar refractivity (Wildman–Crippen MR) is 167 cm³/mol. The molecule has 7 aromatic carbocycles. The highest BCUT2D eigenvalue weighted by Gasteiger charge is 2.25. The summed E-state index contributed by atoms with van der Waals surface area (Å²) in [4.78, 5) is 4.76. The number of benzene rings is 7. The highest BCUT2D eigenvalue weighted by molar-refractivity contribution is 6.28. The van der Waals surface area contributed by atoms with Crippen LogP contribution in [-0.2, 0) is 6.42 Å². The lowest BCUT2D eigenvalue weighted by molar-refractivity contribution is 1.00. The van der Waals surface area contributed by atoms with Gasteiger partial charge < -0.3 is 9.80 Å². The standard InChI is InChI=1S/C37H25N3/c38-24-25-14-15-26-20-21-39(34(26)22-25)35-23-28-17-19-33(32-18-16-27-8-7-13-31(35)36(27)37(28)32)40(29-9-3-1-4-10-29)30-11-5-2-6-12-30/h1-19,22-23H,20-21H2. The van der Waals surface area contributed by atoms with Gasteiger partial charge in [-0.15, -0.1) is 0 Å². The summed E-state index contributed by atoms with van der Waals surface area (Å²) < 4.78 is 0. The van der Waals surface area contributed by atoms with Crippen molar-refractivity contribution in [3.05, 3.63) is 139 Å². The van der Waals surface area contributed by atoms with Crippen molar-refractivity contribution in [1.29, 1.82) is 5.26 Å². The largest absolute Gasteiger partial charge is 0.340 e. The molecule has 0 aromatic heterocycles. The molecular weight excluding hydrogens is 486 g/mol. The summed E-state index contributed by atoms with van der Waals surface area (Å²) in [5, 5.41) is 17.1. The lowest BCUT2D eigenvalue weighted by Gasteiger charge is -2.28. The lowest BCUT2D eigenvalue weighted by Crippen LogP contribution is -2.14. The lowest BCUT2D eigenvalue weighted by atomic mass is 9.91. The predicted octanol–water partition coefficient (Wildman–Crippen LogP) is 9.62. The first-order valence-corrected chi connectivity index (χ1v) is 13.7. The van der Waals surface area contributed by atoms with Crippen LogP contribution in [0.15, 0.2) is 127 Å². The Bertz CT molecular complexity index is 2030.